The molecule has 2 N–H and O–H groups in total. The molecular formula is C18H31N3O2. The van der Waals surface area contributed by atoms with Gasteiger partial charge in [-0.3, -0.25) is 9.80 Å². The lowest BCUT2D eigenvalue weighted by atomic mass is 10.0. The van der Waals surface area contributed by atoms with Gasteiger partial charge < -0.3 is 15.2 Å². The monoisotopic (exact) mass is 321 g/mol. The Balaban J connectivity index is 1.90. The molecule has 5 nitrogen and oxygen atoms in total. The summed E-state index contributed by atoms with van der Waals surface area (Å²) < 4.78 is 11.3. The Morgan fingerprint density at radius 2 is 2.00 bits per heavy atom. The van der Waals surface area contributed by atoms with Gasteiger partial charge in [-0.25, -0.2) is 0 Å². The smallest absolute Gasteiger partial charge is 0.119 e. The summed E-state index contributed by atoms with van der Waals surface area (Å²) in [5, 5.41) is 0. The van der Waals surface area contributed by atoms with Crippen molar-refractivity contribution in [2.45, 2.75) is 19.9 Å². The second-order valence-corrected chi connectivity index (χ2v) is 5.85. The van der Waals surface area contributed by atoms with Crippen LogP contribution in [-0.4, -0.2) is 68.9 Å². The van der Waals surface area contributed by atoms with E-state index in [4.69, 9.17) is 15.2 Å². The highest BCUT2D eigenvalue weighted by atomic mass is 16.5. The highest BCUT2D eigenvalue weighted by Crippen LogP contribution is 2.23. The van der Waals surface area contributed by atoms with E-state index < -0.39 is 0 Å². The molecule has 1 unspecified atom stereocenters. The summed E-state index contributed by atoms with van der Waals surface area (Å²) in [4.78, 5) is 4.76. The van der Waals surface area contributed by atoms with Crippen LogP contribution in [0.3, 0.4) is 0 Å². The number of morpholine rings is 1. The number of hydrogen-bond donors (Lipinski definition) is 1. The third kappa shape index (κ3) is 5.46. The second-order valence-electron chi connectivity index (χ2n) is 5.85. The lowest BCUT2D eigenvalue weighted by Crippen LogP contribution is -2.38. The highest BCUT2D eigenvalue weighted by Gasteiger charge is 2.16. The van der Waals surface area contributed by atoms with E-state index in [1.807, 2.05) is 6.07 Å². The zero-order valence-corrected chi connectivity index (χ0v) is 14.5. The maximum absolute atomic E-state index is 6.00. The van der Waals surface area contributed by atoms with Gasteiger partial charge in [0.25, 0.3) is 0 Å². The third-order valence-electron chi connectivity index (χ3n) is 4.50. The van der Waals surface area contributed by atoms with Gasteiger partial charge in [-0.05, 0) is 30.8 Å². The van der Waals surface area contributed by atoms with Gasteiger partial charge in [0, 0.05) is 32.2 Å². The van der Waals surface area contributed by atoms with Crippen LogP contribution in [0.5, 0.6) is 5.75 Å². The first-order chi connectivity index (χ1) is 11.3. The predicted molar refractivity (Wildman–Crippen MR) is 93.9 cm³/mol. The van der Waals surface area contributed by atoms with E-state index in [2.05, 4.69) is 41.8 Å². The van der Waals surface area contributed by atoms with Crippen molar-refractivity contribution in [2.75, 3.05) is 59.1 Å². The molecule has 1 atom stereocenters. The van der Waals surface area contributed by atoms with Gasteiger partial charge in [-0.1, -0.05) is 26.0 Å². The summed E-state index contributed by atoms with van der Waals surface area (Å²) in [5.74, 6) is 0.932. The van der Waals surface area contributed by atoms with Crippen molar-refractivity contribution in [2.24, 2.45) is 5.73 Å². The Morgan fingerprint density at radius 3 is 2.65 bits per heavy atom. The number of nitrogens with two attached hydrogens (primary N) is 1. The fraction of sp³-hybridized carbons (Fsp3) is 0.667. The van der Waals surface area contributed by atoms with E-state index >= 15 is 0 Å². The van der Waals surface area contributed by atoms with E-state index in [0.717, 1.165) is 51.7 Å². The lowest BCUT2D eigenvalue weighted by Gasteiger charge is -2.29. The van der Waals surface area contributed by atoms with Crippen molar-refractivity contribution < 1.29 is 9.47 Å². The minimum absolute atomic E-state index is 0.257. The molecule has 2 rings (SSSR count). The van der Waals surface area contributed by atoms with Gasteiger partial charge in [-0.15, -0.1) is 0 Å². The lowest BCUT2D eigenvalue weighted by molar-refractivity contribution is 0.0322. The summed E-state index contributed by atoms with van der Waals surface area (Å²) in [6, 6.07) is 8.62. The number of benzene rings is 1. The summed E-state index contributed by atoms with van der Waals surface area (Å²) in [7, 11) is 0. The molecule has 1 heterocycles. The predicted octanol–water partition coefficient (Wildman–Crippen LogP) is 1.74. The number of rotatable bonds is 9. The number of likely N-dealkylation sites (N-methyl/N-ethyl adjacent to an activating group) is 1. The molecule has 0 aromatic heterocycles. The Bertz CT molecular complexity index is 446. The molecule has 0 spiro atoms. The van der Waals surface area contributed by atoms with Gasteiger partial charge in [0.05, 0.1) is 13.2 Å². The van der Waals surface area contributed by atoms with Crippen LogP contribution in [-0.2, 0) is 4.74 Å². The van der Waals surface area contributed by atoms with E-state index in [-0.39, 0.29) is 6.04 Å². The molecule has 1 fully saturated rings. The molecule has 0 bridgehead atoms. The van der Waals surface area contributed by atoms with Gasteiger partial charge in [-0.2, -0.15) is 0 Å². The molecule has 1 aromatic rings. The quantitative estimate of drug-likeness (QED) is 0.751. The minimum atomic E-state index is 0.257. The van der Waals surface area contributed by atoms with Crippen LogP contribution in [0, 0.1) is 0 Å². The molecule has 5 heteroatoms. The maximum Gasteiger partial charge on any atom is 0.119 e. The Morgan fingerprint density at radius 1 is 1.26 bits per heavy atom. The average Bonchev–Trinajstić information content (AvgIpc) is 2.60. The number of hydrogen-bond acceptors (Lipinski definition) is 5. The zero-order chi connectivity index (χ0) is 16.5. The molecule has 1 aliphatic heterocycles. The Hall–Kier alpha value is -1.14. The molecule has 0 radical (unpaired) electrons. The van der Waals surface area contributed by atoms with Gasteiger partial charge >= 0.3 is 0 Å². The van der Waals surface area contributed by atoms with Crippen LogP contribution in [0.4, 0.5) is 0 Å². The minimum Gasteiger partial charge on any atom is -0.492 e. The highest BCUT2D eigenvalue weighted by molar-refractivity contribution is 5.31. The molecule has 0 aliphatic carbocycles. The first kappa shape index (κ1) is 18.2. The molecule has 0 amide bonds. The van der Waals surface area contributed by atoms with E-state index in [0.29, 0.717) is 13.2 Å². The van der Waals surface area contributed by atoms with Crippen LogP contribution < -0.4 is 10.5 Å². The van der Waals surface area contributed by atoms with Gasteiger partial charge in [0.15, 0.2) is 0 Å². The SMILES string of the molecule is CCN(CC)C(CN)c1cccc(OCCN2CCOCC2)c1. The molecular weight excluding hydrogens is 290 g/mol. The zero-order valence-electron chi connectivity index (χ0n) is 14.5. The molecule has 1 saturated heterocycles. The summed E-state index contributed by atoms with van der Waals surface area (Å²) in [6.07, 6.45) is 0. The first-order valence-electron chi connectivity index (χ1n) is 8.75. The van der Waals surface area contributed by atoms with Crippen LogP contribution in [0.2, 0.25) is 0 Å². The molecule has 23 heavy (non-hydrogen) atoms. The van der Waals surface area contributed by atoms with Crippen molar-refractivity contribution >= 4 is 0 Å². The van der Waals surface area contributed by atoms with Crippen molar-refractivity contribution in [1.29, 1.82) is 0 Å². The van der Waals surface area contributed by atoms with Crippen molar-refractivity contribution in [3.63, 3.8) is 0 Å². The summed E-state index contributed by atoms with van der Waals surface area (Å²) >= 11 is 0. The van der Waals surface area contributed by atoms with Crippen molar-refractivity contribution in [3.05, 3.63) is 29.8 Å². The normalized spacial score (nSPS) is 17.4. The second kappa shape index (κ2) is 9.88. The van der Waals surface area contributed by atoms with Crippen molar-refractivity contribution in [3.8, 4) is 5.75 Å². The standard InChI is InChI=1S/C18H31N3O2/c1-3-21(4-2)18(15-19)16-6-5-7-17(14-16)23-13-10-20-8-11-22-12-9-20/h5-7,14,18H,3-4,8-13,15,19H2,1-2H3. The number of nitrogens with zero attached hydrogens (tertiary/aromatic N) is 2. The molecule has 0 saturated carbocycles. The van der Waals surface area contributed by atoms with Crippen LogP contribution in [0.1, 0.15) is 25.5 Å². The van der Waals surface area contributed by atoms with Crippen LogP contribution in [0.25, 0.3) is 0 Å². The first-order valence-corrected chi connectivity index (χ1v) is 8.75. The van der Waals surface area contributed by atoms with Crippen LogP contribution in [0.15, 0.2) is 24.3 Å². The average molecular weight is 321 g/mol. The van der Waals surface area contributed by atoms with Crippen LogP contribution >= 0.6 is 0 Å². The van der Waals surface area contributed by atoms with E-state index in [1.165, 1.54) is 5.56 Å². The Kier molecular flexibility index (Phi) is 7.82. The molecule has 1 aliphatic rings. The van der Waals surface area contributed by atoms with Crippen molar-refractivity contribution in [1.82, 2.24) is 9.80 Å². The largest absolute Gasteiger partial charge is 0.492 e. The van der Waals surface area contributed by atoms with E-state index in [9.17, 15) is 0 Å². The fourth-order valence-electron chi connectivity index (χ4n) is 3.09. The number of ether oxygens (including phenoxy) is 2. The fourth-order valence-corrected chi connectivity index (χ4v) is 3.09. The summed E-state index contributed by atoms with van der Waals surface area (Å²) in [6.45, 7) is 12.3. The Labute approximate surface area is 140 Å². The van der Waals surface area contributed by atoms with E-state index in [1.54, 1.807) is 0 Å². The van der Waals surface area contributed by atoms with Gasteiger partial charge in [0.1, 0.15) is 12.4 Å². The third-order valence-corrected chi connectivity index (χ3v) is 4.50. The summed E-state index contributed by atoms with van der Waals surface area (Å²) in [5.41, 5.74) is 7.24. The van der Waals surface area contributed by atoms with Gasteiger partial charge in [0.2, 0.25) is 0 Å². The molecule has 1 aromatic carbocycles. The molecule has 130 valence electrons. The maximum atomic E-state index is 6.00. The topological polar surface area (TPSA) is 51.0 Å².